The van der Waals surface area contributed by atoms with Gasteiger partial charge in [0.25, 0.3) is 0 Å². The normalized spacial score (nSPS) is 11.2. The van der Waals surface area contributed by atoms with Crippen LogP contribution in [0.25, 0.3) is 0 Å². The fourth-order valence-corrected chi connectivity index (χ4v) is 1.51. The highest BCUT2D eigenvalue weighted by atomic mass is 19.3. The van der Waals surface area contributed by atoms with Crippen molar-refractivity contribution < 1.29 is 13.5 Å². The maximum absolute atomic E-state index is 12.2. The fourth-order valence-electron chi connectivity index (χ4n) is 1.51. The van der Waals surface area contributed by atoms with Crippen molar-refractivity contribution in [3.05, 3.63) is 29.8 Å². The minimum Gasteiger partial charge on any atom is -0.434 e. The van der Waals surface area contributed by atoms with Gasteiger partial charge in [-0.25, -0.2) is 0 Å². The Hall–Kier alpha value is -1.20. The van der Waals surface area contributed by atoms with Gasteiger partial charge in [-0.2, -0.15) is 8.78 Å². The van der Waals surface area contributed by atoms with Crippen LogP contribution in [-0.2, 0) is 6.54 Å². The van der Waals surface area contributed by atoms with Crippen molar-refractivity contribution in [1.82, 2.24) is 10.2 Å². The largest absolute Gasteiger partial charge is 0.434 e. The zero-order valence-electron chi connectivity index (χ0n) is 10.8. The second-order valence-corrected chi connectivity index (χ2v) is 4.06. The van der Waals surface area contributed by atoms with Crippen molar-refractivity contribution in [2.24, 2.45) is 0 Å². The summed E-state index contributed by atoms with van der Waals surface area (Å²) in [6.07, 6.45) is 0. The summed E-state index contributed by atoms with van der Waals surface area (Å²) < 4.78 is 28.8. The lowest BCUT2D eigenvalue weighted by Gasteiger charge is -2.15. The molecule has 0 aliphatic rings. The number of ether oxygens (including phenoxy) is 1. The molecule has 5 heteroatoms. The van der Waals surface area contributed by atoms with Gasteiger partial charge in [-0.05, 0) is 19.7 Å². The molecule has 1 rings (SSSR count). The Labute approximate surface area is 107 Å². The van der Waals surface area contributed by atoms with E-state index < -0.39 is 6.61 Å². The van der Waals surface area contributed by atoms with Gasteiger partial charge in [0.05, 0.1) is 0 Å². The van der Waals surface area contributed by atoms with Crippen LogP contribution in [0.1, 0.15) is 12.5 Å². The third-order valence-electron chi connectivity index (χ3n) is 2.71. The topological polar surface area (TPSA) is 24.5 Å². The maximum atomic E-state index is 12.2. The molecule has 0 aliphatic heterocycles. The Kier molecular flexibility index (Phi) is 6.60. The average Bonchev–Trinajstić information content (AvgIpc) is 2.35. The summed E-state index contributed by atoms with van der Waals surface area (Å²) >= 11 is 0. The number of halogens is 2. The summed E-state index contributed by atoms with van der Waals surface area (Å²) in [5.41, 5.74) is 0.747. The number of hydrogen-bond acceptors (Lipinski definition) is 3. The number of alkyl halides is 2. The van der Waals surface area contributed by atoms with Crippen LogP contribution in [0.2, 0.25) is 0 Å². The van der Waals surface area contributed by atoms with Crippen molar-refractivity contribution >= 4 is 0 Å². The Morgan fingerprint density at radius 2 is 2.06 bits per heavy atom. The van der Waals surface area contributed by atoms with E-state index in [-0.39, 0.29) is 5.75 Å². The van der Waals surface area contributed by atoms with Crippen molar-refractivity contribution in [3.8, 4) is 5.75 Å². The van der Waals surface area contributed by atoms with Crippen molar-refractivity contribution in [2.45, 2.75) is 20.1 Å². The van der Waals surface area contributed by atoms with Gasteiger partial charge in [0, 0.05) is 25.2 Å². The Bertz CT molecular complexity index is 348. The number of para-hydroxylation sites is 1. The van der Waals surface area contributed by atoms with Crippen LogP contribution in [0.4, 0.5) is 8.78 Å². The highest BCUT2D eigenvalue weighted by molar-refractivity contribution is 5.33. The number of benzene rings is 1. The molecule has 0 aromatic heterocycles. The number of nitrogens with zero attached hydrogens (tertiary/aromatic N) is 1. The first-order valence-electron chi connectivity index (χ1n) is 6.05. The molecule has 0 bridgehead atoms. The second kappa shape index (κ2) is 8.00. The highest BCUT2D eigenvalue weighted by Gasteiger charge is 2.08. The van der Waals surface area contributed by atoms with Crippen LogP contribution < -0.4 is 10.1 Å². The van der Waals surface area contributed by atoms with Crippen LogP contribution >= 0.6 is 0 Å². The van der Waals surface area contributed by atoms with Crippen LogP contribution in [0.15, 0.2) is 24.3 Å². The molecule has 102 valence electrons. The van der Waals surface area contributed by atoms with Gasteiger partial charge in [-0.3, -0.25) is 0 Å². The van der Waals surface area contributed by atoms with E-state index in [2.05, 4.69) is 21.9 Å². The molecule has 0 unspecified atom stereocenters. The van der Waals surface area contributed by atoms with Gasteiger partial charge in [0.2, 0.25) is 0 Å². The van der Waals surface area contributed by atoms with Gasteiger partial charge < -0.3 is 15.0 Å². The Morgan fingerprint density at radius 3 is 2.72 bits per heavy atom. The Morgan fingerprint density at radius 1 is 1.33 bits per heavy atom. The van der Waals surface area contributed by atoms with E-state index >= 15 is 0 Å². The lowest BCUT2D eigenvalue weighted by Crippen LogP contribution is -2.28. The second-order valence-electron chi connectivity index (χ2n) is 4.06. The van der Waals surface area contributed by atoms with E-state index in [1.807, 2.05) is 13.1 Å². The number of nitrogens with one attached hydrogen (secondary N) is 1. The molecule has 3 nitrogen and oxygen atoms in total. The summed E-state index contributed by atoms with van der Waals surface area (Å²) in [7, 11) is 2.04. The first kappa shape index (κ1) is 14.9. The lowest BCUT2D eigenvalue weighted by atomic mass is 10.2. The lowest BCUT2D eigenvalue weighted by molar-refractivity contribution is -0.0504. The molecule has 0 atom stereocenters. The summed E-state index contributed by atoms with van der Waals surface area (Å²) in [5, 5.41) is 3.21. The van der Waals surface area contributed by atoms with Gasteiger partial charge in [0.15, 0.2) is 0 Å². The fraction of sp³-hybridized carbons (Fsp3) is 0.538. The Balaban J connectivity index is 2.41. The summed E-state index contributed by atoms with van der Waals surface area (Å²) in [5.74, 6) is 0.240. The quantitative estimate of drug-likeness (QED) is 0.724. The highest BCUT2D eigenvalue weighted by Crippen LogP contribution is 2.19. The number of hydrogen-bond donors (Lipinski definition) is 1. The van der Waals surface area contributed by atoms with Gasteiger partial charge in [-0.15, -0.1) is 0 Å². The summed E-state index contributed by atoms with van der Waals surface area (Å²) in [6.45, 7) is 2.57. The third-order valence-corrected chi connectivity index (χ3v) is 2.71. The predicted octanol–water partition coefficient (Wildman–Crippen LogP) is 2.33. The predicted molar refractivity (Wildman–Crippen MR) is 68.0 cm³/mol. The molecular formula is C13H20F2N2O. The molecule has 1 aromatic rings. The minimum absolute atomic E-state index is 0.240. The van der Waals surface area contributed by atoms with Crippen LogP contribution in [0.3, 0.4) is 0 Å². The SMILES string of the molecule is CCN(C)CCNCc1ccccc1OC(F)F. The zero-order valence-corrected chi connectivity index (χ0v) is 10.8. The smallest absolute Gasteiger partial charge is 0.387 e. The van der Waals surface area contributed by atoms with Gasteiger partial charge >= 0.3 is 6.61 Å². The molecule has 0 saturated carbocycles. The first-order chi connectivity index (χ1) is 8.63. The molecule has 0 radical (unpaired) electrons. The monoisotopic (exact) mass is 258 g/mol. The maximum Gasteiger partial charge on any atom is 0.387 e. The molecule has 1 N–H and O–H groups in total. The first-order valence-corrected chi connectivity index (χ1v) is 6.05. The summed E-state index contributed by atoms with van der Waals surface area (Å²) in [4.78, 5) is 2.18. The third kappa shape index (κ3) is 5.42. The molecule has 0 aliphatic carbocycles. The average molecular weight is 258 g/mol. The van der Waals surface area contributed by atoms with Gasteiger partial charge in [0.1, 0.15) is 5.75 Å². The molecule has 1 aromatic carbocycles. The van der Waals surface area contributed by atoms with Gasteiger partial charge in [-0.1, -0.05) is 25.1 Å². The van der Waals surface area contributed by atoms with E-state index in [9.17, 15) is 8.78 Å². The van der Waals surface area contributed by atoms with Crippen molar-refractivity contribution in [2.75, 3.05) is 26.7 Å². The van der Waals surface area contributed by atoms with Crippen LogP contribution in [-0.4, -0.2) is 38.2 Å². The van der Waals surface area contributed by atoms with Crippen LogP contribution in [0.5, 0.6) is 5.75 Å². The number of rotatable bonds is 8. The molecule has 0 saturated heterocycles. The van der Waals surface area contributed by atoms with E-state index in [4.69, 9.17) is 0 Å². The molecule has 0 heterocycles. The number of likely N-dealkylation sites (N-methyl/N-ethyl adjacent to an activating group) is 1. The summed E-state index contributed by atoms with van der Waals surface area (Å²) in [6, 6.07) is 6.84. The van der Waals surface area contributed by atoms with E-state index in [1.165, 1.54) is 0 Å². The molecular weight excluding hydrogens is 238 g/mol. The van der Waals surface area contributed by atoms with E-state index in [0.29, 0.717) is 6.54 Å². The minimum atomic E-state index is -2.78. The molecule has 18 heavy (non-hydrogen) atoms. The molecule has 0 spiro atoms. The van der Waals surface area contributed by atoms with E-state index in [0.717, 1.165) is 25.2 Å². The van der Waals surface area contributed by atoms with E-state index in [1.54, 1.807) is 18.2 Å². The standard InChI is InChI=1S/C13H20F2N2O/c1-3-17(2)9-8-16-10-11-6-4-5-7-12(11)18-13(14)15/h4-7,13,16H,3,8-10H2,1-2H3. The van der Waals surface area contributed by atoms with Crippen LogP contribution in [0, 0.1) is 0 Å². The molecule has 0 fully saturated rings. The molecule has 0 amide bonds. The zero-order chi connectivity index (χ0) is 13.4. The van der Waals surface area contributed by atoms with Crippen molar-refractivity contribution in [3.63, 3.8) is 0 Å². The van der Waals surface area contributed by atoms with Crippen molar-refractivity contribution in [1.29, 1.82) is 0 Å².